The van der Waals surface area contributed by atoms with Gasteiger partial charge in [-0.25, -0.2) is 0 Å². The number of carbonyl (C=O) groups excluding carboxylic acids is 1. The minimum atomic E-state index is -1.16. The quantitative estimate of drug-likeness (QED) is 0.709. The number of rotatable bonds is 1. The van der Waals surface area contributed by atoms with Crippen LogP contribution in [-0.4, -0.2) is 27.7 Å². The number of aliphatic hydroxyl groups excluding tert-OH is 1. The maximum atomic E-state index is 12.4. The van der Waals surface area contributed by atoms with Crippen LogP contribution in [0.3, 0.4) is 0 Å². The van der Waals surface area contributed by atoms with E-state index in [0.29, 0.717) is 17.8 Å². The Kier molecular flexibility index (Phi) is 3.84. The van der Waals surface area contributed by atoms with E-state index in [9.17, 15) is 15.0 Å². The Labute approximate surface area is 151 Å². The van der Waals surface area contributed by atoms with Crippen LogP contribution in [-0.2, 0) is 4.79 Å². The Morgan fingerprint density at radius 1 is 1.20 bits per heavy atom. The number of hydrogen-bond donors (Lipinski definition) is 2. The van der Waals surface area contributed by atoms with E-state index in [1.807, 2.05) is 0 Å². The minimum absolute atomic E-state index is 0.0394. The number of carbonyl (C=O) groups is 1. The number of aliphatic hydroxyl groups is 2. The fourth-order valence-corrected chi connectivity index (χ4v) is 7.73. The second kappa shape index (κ2) is 5.42. The number of Topliss-reactive ketones (excluding diaryl/α,β-unsaturated/α-hetero) is 1. The average Bonchev–Trinajstić information content (AvgIpc) is 2.77. The number of ketones is 1. The van der Waals surface area contributed by atoms with Crippen molar-refractivity contribution in [2.24, 2.45) is 34.5 Å². The molecule has 0 aromatic carbocycles. The summed E-state index contributed by atoms with van der Waals surface area (Å²) in [5.74, 6) is 1.64. The highest BCUT2D eigenvalue weighted by molar-refractivity contribution is 5.86. The van der Waals surface area contributed by atoms with Crippen molar-refractivity contribution in [1.29, 1.82) is 0 Å². The molecule has 4 aliphatic carbocycles. The molecule has 3 heteroatoms. The van der Waals surface area contributed by atoms with Gasteiger partial charge in [0.2, 0.25) is 0 Å². The van der Waals surface area contributed by atoms with Gasteiger partial charge in [0.1, 0.15) is 5.60 Å². The molecule has 0 aromatic heterocycles. The normalized spacial score (nSPS) is 55.0. The van der Waals surface area contributed by atoms with Gasteiger partial charge in [0, 0.05) is 5.41 Å². The topological polar surface area (TPSA) is 57.5 Å². The molecule has 140 valence electrons. The van der Waals surface area contributed by atoms with E-state index in [-0.39, 0.29) is 28.6 Å². The van der Waals surface area contributed by atoms with Crippen LogP contribution in [0.25, 0.3) is 0 Å². The van der Waals surface area contributed by atoms with Crippen molar-refractivity contribution in [3.63, 3.8) is 0 Å². The molecule has 0 aliphatic heterocycles. The van der Waals surface area contributed by atoms with Crippen LogP contribution < -0.4 is 0 Å². The van der Waals surface area contributed by atoms with Crippen molar-refractivity contribution in [1.82, 2.24) is 0 Å². The van der Waals surface area contributed by atoms with Crippen LogP contribution in [0.2, 0.25) is 0 Å². The van der Waals surface area contributed by atoms with Gasteiger partial charge in [-0.15, -0.1) is 0 Å². The Bertz CT molecular complexity index is 625. The van der Waals surface area contributed by atoms with E-state index in [1.165, 1.54) is 5.57 Å². The molecule has 4 rings (SSSR count). The molecule has 3 fully saturated rings. The van der Waals surface area contributed by atoms with Gasteiger partial charge in [-0.1, -0.05) is 32.4 Å². The average molecular weight is 347 g/mol. The first kappa shape index (κ1) is 17.7. The van der Waals surface area contributed by atoms with Crippen molar-refractivity contribution < 1.29 is 15.0 Å². The molecule has 0 bridgehead atoms. The molecule has 0 radical (unpaired) electrons. The Morgan fingerprint density at radius 3 is 2.60 bits per heavy atom. The molecule has 1 unspecified atom stereocenters. The number of fused-ring (bicyclic) bond motifs is 5. The standard InChI is InChI=1S/C22H34O3/c1-13-11-19-17-6-5-15-12-16(24)7-9-20(15,3)18(17)8-10-21(19,4)22(13,25)14(2)23/h5,13,16-19,24-25H,6-12H2,1-4H3/t13-,16?,17-,18+,19+,20+,21+,22+/m1/s1. The van der Waals surface area contributed by atoms with Gasteiger partial charge >= 0.3 is 0 Å². The van der Waals surface area contributed by atoms with E-state index in [1.54, 1.807) is 6.92 Å². The number of hydrogen-bond acceptors (Lipinski definition) is 3. The third kappa shape index (κ3) is 2.09. The SMILES string of the molecule is CC(=O)[C@@]1(O)[C@H](C)C[C@H]2[C@@H]3CC=C4CC(O)CC[C@]4(C)[C@H]3CC[C@@]21C. The van der Waals surface area contributed by atoms with E-state index in [4.69, 9.17) is 0 Å². The first-order valence-corrected chi connectivity index (χ1v) is 10.3. The lowest BCUT2D eigenvalue weighted by Gasteiger charge is -2.58. The Hall–Kier alpha value is -0.670. The van der Waals surface area contributed by atoms with Crippen molar-refractivity contribution in [2.75, 3.05) is 0 Å². The van der Waals surface area contributed by atoms with Gasteiger partial charge in [-0.05, 0) is 81.0 Å². The van der Waals surface area contributed by atoms with Crippen LogP contribution >= 0.6 is 0 Å². The zero-order valence-electron chi connectivity index (χ0n) is 16.2. The molecular formula is C22H34O3. The van der Waals surface area contributed by atoms with Gasteiger partial charge in [0.05, 0.1) is 6.10 Å². The van der Waals surface area contributed by atoms with Gasteiger partial charge in [-0.3, -0.25) is 4.79 Å². The molecule has 0 heterocycles. The summed E-state index contributed by atoms with van der Waals surface area (Å²) in [7, 11) is 0. The summed E-state index contributed by atoms with van der Waals surface area (Å²) in [5, 5.41) is 21.5. The first-order valence-electron chi connectivity index (χ1n) is 10.3. The Morgan fingerprint density at radius 2 is 1.92 bits per heavy atom. The summed E-state index contributed by atoms with van der Waals surface area (Å²) in [6.45, 7) is 8.26. The lowest BCUT2D eigenvalue weighted by atomic mass is 9.46. The maximum absolute atomic E-state index is 12.4. The van der Waals surface area contributed by atoms with Crippen molar-refractivity contribution in [3.8, 4) is 0 Å². The molecule has 25 heavy (non-hydrogen) atoms. The van der Waals surface area contributed by atoms with Crippen LogP contribution in [0.5, 0.6) is 0 Å². The molecule has 4 aliphatic rings. The van der Waals surface area contributed by atoms with Crippen LogP contribution in [0.15, 0.2) is 11.6 Å². The molecule has 0 spiro atoms. The first-order chi connectivity index (χ1) is 11.6. The summed E-state index contributed by atoms with van der Waals surface area (Å²) in [6, 6.07) is 0. The largest absolute Gasteiger partial charge is 0.393 e. The Balaban J connectivity index is 1.72. The second-order valence-corrected chi connectivity index (χ2v) is 10.1. The fourth-order valence-electron chi connectivity index (χ4n) is 7.73. The summed E-state index contributed by atoms with van der Waals surface area (Å²) < 4.78 is 0. The van der Waals surface area contributed by atoms with E-state index in [2.05, 4.69) is 26.8 Å². The molecular weight excluding hydrogens is 312 g/mol. The summed E-state index contributed by atoms with van der Waals surface area (Å²) in [6.07, 6.45) is 9.15. The highest BCUT2D eigenvalue weighted by atomic mass is 16.3. The molecule has 3 nitrogen and oxygen atoms in total. The third-order valence-electron chi connectivity index (χ3n) is 9.20. The predicted octanol–water partition coefficient (Wildman–Crippen LogP) is 3.88. The monoisotopic (exact) mass is 346 g/mol. The molecule has 0 saturated heterocycles. The fraction of sp³-hybridized carbons (Fsp3) is 0.864. The lowest BCUT2D eigenvalue weighted by Crippen LogP contribution is -2.58. The van der Waals surface area contributed by atoms with Crippen molar-refractivity contribution in [3.05, 3.63) is 11.6 Å². The highest BCUT2D eigenvalue weighted by Crippen LogP contribution is 2.68. The van der Waals surface area contributed by atoms with Gasteiger partial charge in [0.15, 0.2) is 5.78 Å². The van der Waals surface area contributed by atoms with Crippen molar-refractivity contribution in [2.45, 2.75) is 84.3 Å². The summed E-state index contributed by atoms with van der Waals surface area (Å²) in [4.78, 5) is 12.4. The van der Waals surface area contributed by atoms with Gasteiger partial charge in [0.25, 0.3) is 0 Å². The second-order valence-electron chi connectivity index (χ2n) is 10.1. The van der Waals surface area contributed by atoms with E-state index >= 15 is 0 Å². The van der Waals surface area contributed by atoms with Gasteiger partial charge in [-0.2, -0.15) is 0 Å². The molecule has 0 amide bonds. The minimum Gasteiger partial charge on any atom is -0.393 e. The summed E-state index contributed by atoms with van der Waals surface area (Å²) >= 11 is 0. The highest BCUT2D eigenvalue weighted by Gasteiger charge is 2.67. The van der Waals surface area contributed by atoms with Crippen LogP contribution in [0.1, 0.15) is 72.6 Å². The predicted molar refractivity (Wildman–Crippen MR) is 97.9 cm³/mol. The lowest BCUT2D eigenvalue weighted by molar-refractivity contribution is -0.165. The zero-order chi connectivity index (χ0) is 18.2. The maximum Gasteiger partial charge on any atom is 0.162 e. The molecule has 8 atom stereocenters. The smallest absolute Gasteiger partial charge is 0.162 e. The number of allylic oxidation sites excluding steroid dienone is 1. The molecule has 0 aromatic rings. The molecule has 2 N–H and O–H groups in total. The van der Waals surface area contributed by atoms with E-state index in [0.717, 1.165) is 44.9 Å². The van der Waals surface area contributed by atoms with Crippen molar-refractivity contribution >= 4 is 5.78 Å². The van der Waals surface area contributed by atoms with Crippen LogP contribution in [0.4, 0.5) is 0 Å². The zero-order valence-corrected chi connectivity index (χ0v) is 16.2. The third-order valence-corrected chi connectivity index (χ3v) is 9.20. The van der Waals surface area contributed by atoms with Gasteiger partial charge < -0.3 is 10.2 Å². The van der Waals surface area contributed by atoms with Crippen LogP contribution in [0, 0.1) is 34.5 Å². The van der Waals surface area contributed by atoms with E-state index < -0.39 is 5.60 Å². The molecule has 3 saturated carbocycles. The summed E-state index contributed by atoms with van der Waals surface area (Å²) in [5.41, 5.74) is 0.249.